The molecule has 0 aromatic heterocycles. The van der Waals surface area contributed by atoms with Gasteiger partial charge in [0.25, 0.3) is 0 Å². The van der Waals surface area contributed by atoms with E-state index in [1.54, 1.807) is 0 Å². The van der Waals surface area contributed by atoms with Gasteiger partial charge in [-0.05, 0) is 103 Å². The lowest BCUT2D eigenvalue weighted by molar-refractivity contribution is 0.853. The quantitative estimate of drug-likeness (QED) is 0.232. The molecule has 0 N–H and O–H groups in total. The minimum Gasteiger partial charge on any atom is -0.0877 e. The molecule has 0 saturated carbocycles. The lowest BCUT2D eigenvalue weighted by atomic mass is 9.89. The number of rotatable bonds is 9. The molecule has 0 fully saturated rings. The van der Waals surface area contributed by atoms with E-state index >= 15 is 0 Å². The van der Waals surface area contributed by atoms with Gasteiger partial charge < -0.3 is 0 Å². The van der Waals surface area contributed by atoms with Crippen molar-refractivity contribution in [3.05, 3.63) is 124 Å². The Labute approximate surface area is 201 Å². The van der Waals surface area contributed by atoms with Gasteiger partial charge in [0.15, 0.2) is 0 Å². The third kappa shape index (κ3) is 6.68. The Hall–Kier alpha value is -3.12. The molecule has 170 valence electrons. The predicted octanol–water partition coefficient (Wildman–Crippen LogP) is 9.49. The van der Waals surface area contributed by atoms with E-state index in [2.05, 4.69) is 126 Å². The van der Waals surface area contributed by atoms with Gasteiger partial charge in [0.1, 0.15) is 0 Å². The first-order chi connectivity index (χ1) is 16.0. The normalized spacial score (nSPS) is 12.8. The third-order valence-corrected chi connectivity index (χ3v) is 6.56. The van der Waals surface area contributed by atoms with Crippen LogP contribution in [-0.4, -0.2) is 0 Å². The molecule has 0 heterocycles. The van der Waals surface area contributed by atoms with E-state index in [0.717, 1.165) is 25.7 Å². The zero-order valence-electron chi connectivity index (χ0n) is 21.0. The second-order valence-corrected chi connectivity index (χ2v) is 8.89. The molecule has 0 radical (unpaired) electrons. The van der Waals surface area contributed by atoms with E-state index in [1.807, 2.05) is 0 Å². The number of aryl methyl sites for hydroxylation is 3. The van der Waals surface area contributed by atoms with Crippen LogP contribution in [0, 0.1) is 6.92 Å². The van der Waals surface area contributed by atoms with Crippen LogP contribution in [0.2, 0.25) is 0 Å². The van der Waals surface area contributed by atoms with Crippen LogP contribution in [0.4, 0.5) is 0 Å². The third-order valence-electron chi connectivity index (χ3n) is 6.56. The highest BCUT2D eigenvalue weighted by atomic mass is 14.2. The molecular weight excluding hydrogens is 396 g/mol. The van der Waals surface area contributed by atoms with Crippen molar-refractivity contribution in [1.29, 1.82) is 0 Å². The first kappa shape index (κ1) is 24.5. The monoisotopic (exact) mass is 434 g/mol. The van der Waals surface area contributed by atoms with Crippen molar-refractivity contribution in [1.82, 2.24) is 0 Å². The van der Waals surface area contributed by atoms with Gasteiger partial charge in [0.05, 0.1) is 0 Å². The van der Waals surface area contributed by atoms with Gasteiger partial charge >= 0.3 is 0 Å². The summed E-state index contributed by atoms with van der Waals surface area (Å²) in [6, 6.07) is 27.0. The molecule has 0 atom stereocenters. The molecule has 0 aliphatic rings. The van der Waals surface area contributed by atoms with Crippen LogP contribution in [-0.2, 0) is 12.8 Å². The first-order valence-corrected chi connectivity index (χ1v) is 12.3. The summed E-state index contributed by atoms with van der Waals surface area (Å²) >= 11 is 0. The standard InChI is InChI=1S/C33H38/c1-6-8-12-25(3)30-21-19-29(20-22-30)14-11-16-33(32-15-10-9-13-26(32)4)27(5)31-23-17-28(7-2)18-24-31/h6,8-10,12-13,15,17-24H,7,11,14,16H2,1-5H3/b8-6-,25-12+,33-27+. The van der Waals surface area contributed by atoms with Gasteiger partial charge in [-0.15, -0.1) is 0 Å². The Morgan fingerprint density at radius 1 is 0.788 bits per heavy atom. The highest BCUT2D eigenvalue weighted by Gasteiger charge is 2.11. The first-order valence-electron chi connectivity index (χ1n) is 12.3. The lowest BCUT2D eigenvalue weighted by Gasteiger charge is -2.16. The van der Waals surface area contributed by atoms with Crippen molar-refractivity contribution in [2.45, 2.75) is 60.3 Å². The fourth-order valence-corrected chi connectivity index (χ4v) is 4.34. The van der Waals surface area contributed by atoms with E-state index < -0.39 is 0 Å². The van der Waals surface area contributed by atoms with Crippen molar-refractivity contribution >= 4 is 16.7 Å². The van der Waals surface area contributed by atoms with Gasteiger partial charge in [-0.3, -0.25) is 0 Å². The highest BCUT2D eigenvalue weighted by Crippen LogP contribution is 2.32. The molecule has 0 spiro atoms. The van der Waals surface area contributed by atoms with Gasteiger partial charge in [0.2, 0.25) is 0 Å². The Morgan fingerprint density at radius 2 is 1.42 bits per heavy atom. The second kappa shape index (κ2) is 12.2. The molecule has 3 aromatic rings. The molecule has 3 aromatic carbocycles. The molecule has 33 heavy (non-hydrogen) atoms. The zero-order valence-corrected chi connectivity index (χ0v) is 21.0. The van der Waals surface area contributed by atoms with Crippen molar-refractivity contribution in [2.75, 3.05) is 0 Å². The summed E-state index contributed by atoms with van der Waals surface area (Å²) in [5.41, 5.74) is 12.3. The van der Waals surface area contributed by atoms with Crippen molar-refractivity contribution < 1.29 is 0 Å². The zero-order chi connectivity index (χ0) is 23.6. The van der Waals surface area contributed by atoms with Crippen LogP contribution in [0.5, 0.6) is 0 Å². The Balaban J connectivity index is 1.79. The van der Waals surface area contributed by atoms with Gasteiger partial charge in [-0.1, -0.05) is 97.9 Å². The van der Waals surface area contributed by atoms with Crippen LogP contribution >= 0.6 is 0 Å². The number of hydrogen-bond acceptors (Lipinski definition) is 0. The van der Waals surface area contributed by atoms with Crippen molar-refractivity contribution in [2.24, 2.45) is 0 Å². The summed E-state index contributed by atoms with van der Waals surface area (Å²) in [5, 5.41) is 0. The fourth-order valence-electron chi connectivity index (χ4n) is 4.34. The second-order valence-electron chi connectivity index (χ2n) is 8.89. The number of allylic oxidation sites excluding steroid dienone is 6. The van der Waals surface area contributed by atoms with E-state index in [-0.39, 0.29) is 0 Å². The molecule has 0 aliphatic heterocycles. The smallest absolute Gasteiger partial charge is 0.0192 e. The summed E-state index contributed by atoms with van der Waals surface area (Å²) in [5.74, 6) is 0. The summed E-state index contributed by atoms with van der Waals surface area (Å²) in [6.07, 6.45) is 10.7. The minimum atomic E-state index is 1.08. The summed E-state index contributed by atoms with van der Waals surface area (Å²) in [4.78, 5) is 0. The molecule has 0 unspecified atom stereocenters. The van der Waals surface area contributed by atoms with Crippen molar-refractivity contribution in [3.8, 4) is 0 Å². The van der Waals surface area contributed by atoms with Crippen LogP contribution in [0.15, 0.2) is 91.0 Å². The topological polar surface area (TPSA) is 0 Å². The Morgan fingerprint density at radius 3 is 2.06 bits per heavy atom. The van der Waals surface area contributed by atoms with Crippen LogP contribution in [0.3, 0.4) is 0 Å². The van der Waals surface area contributed by atoms with Crippen molar-refractivity contribution in [3.63, 3.8) is 0 Å². The van der Waals surface area contributed by atoms with Crippen LogP contribution in [0.25, 0.3) is 16.7 Å². The van der Waals surface area contributed by atoms with E-state index in [1.165, 1.54) is 50.1 Å². The Kier molecular flexibility index (Phi) is 9.07. The average molecular weight is 435 g/mol. The Bertz CT molecular complexity index is 1120. The highest BCUT2D eigenvalue weighted by molar-refractivity contribution is 5.90. The summed E-state index contributed by atoms with van der Waals surface area (Å²) in [7, 11) is 0. The fraction of sp³-hybridized carbons (Fsp3) is 0.273. The maximum absolute atomic E-state index is 2.29. The lowest BCUT2D eigenvalue weighted by Crippen LogP contribution is -1.96. The van der Waals surface area contributed by atoms with E-state index in [9.17, 15) is 0 Å². The summed E-state index contributed by atoms with van der Waals surface area (Å²) in [6.45, 7) is 10.9. The summed E-state index contributed by atoms with van der Waals surface area (Å²) < 4.78 is 0. The molecule has 3 rings (SSSR count). The number of hydrogen-bond donors (Lipinski definition) is 0. The maximum atomic E-state index is 2.29. The molecule has 0 bridgehead atoms. The van der Waals surface area contributed by atoms with Crippen LogP contribution < -0.4 is 0 Å². The molecule has 0 heteroatoms. The van der Waals surface area contributed by atoms with Gasteiger partial charge in [-0.25, -0.2) is 0 Å². The molecule has 0 aliphatic carbocycles. The SMILES string of the molecule is C/C=C\C=C(/C)c1ccc(CCC/C(=C(/C)c2ccc(CC)cc2)c2ccccc2C)cc1. The molecule has 0 saturated heterocycles. The average Bonchev–Trinajstić information content (AvgIpc) is 2.86. The van der Waals surface area contributed by atoms with Gasteiger partial charge in [0, 0.05) is 0 Å². The van der Waals surface area contributed by atoms with Crippen LogP contribution in [0.1, 0.15) is 73.9 Å². The van der Waals surface area contributed by atoms with E-state index in [0.29, 0.717) is 0 Å². The molecule has 0 nitrogen and oxygen atoms in total. The molecular formula is C33H38. The van der Waals surface area contributed by atoms with Gasteiger partial charge in [-0.2, -0.15) is 0 Å². The number of benzene rings is 3. The molecule has 0 amide bonds. The minimum absolute atomic E-state index is 1.08. The maximum Gasteiger partial charge on any atom is -0.0192 e. The largest absolute Gasteiger partial charge is 0.0877 e. The van der Waals surface area contributed by atoms with E-state index in [4.69, 9.17) is 0 Å². The predicted molar refractivity (Wildman–Crippen MR) is 147 cm³/mol.